The quantitative estimate of drug-likeness (QED) is 0.449. The second kappa shape index (κ2) is 3.10. The molecule has 0 saturated carbocycles. The summed E-state index contributed by atoms with van der Waals surface area (Å²) in [7, 11) is 0. The Bertz CT molecular complexity index is 309. The van der Waals surface area contributed by atoms with E-state index < -0.39 is 4.92 Å². The lowest BCUT2D eigenvalue weighted by Gasteiger charge is -1.77. The summed E-state index contributed by atoms with van der Waals surface area (Å²) >= 11 is 3.87. The Hall–Kier alpha value is -0.750. The molecule has 0 unspecified atom stereocenters. The number of rotatable bonds is 2. The van der Waals surface area contributed by atoms with E-state index in [9.17, 15) is 14.9 Å². The highest BCUT2D eigenvalue weighted by molar-refractivity contribution is 9.10. The SMILES string of the molecule is O=Cc1sc([N+](=O)[O-])cc1Br. The van der Waals surface area contributed by atoms with Crippen LogP contribution in [0.1, 0.15) is 9.67 Å². The third-order valence-electron chi connectivity index (χ3n) is 0.987. The van der Waals surface area contributed by atoms with Crippen LogP contribution in [-0.2, 0) is 0 Å². The van der Waals surface area contributed by atoms with Crippen LogP contribution in [0.25, 0.3) is 0 Å². The topological polar surface area (TPSA) is 60.2 Å². The minimum Gasteiger partial charge on any atom is -0.297 e. The molecule has 0 N–H and O–H groups in total. The van der Waals surface area contributed by atoms with Crippen LogP contribution in [0.5, 0.6) is 0 Å². The predicted octanol–water partition coefficient (Wildman–Crippen LogP) is 2.23. The monoisotopic (exact) mass is 235 g/mol. The first-order valence-electron chi connectivity index (χ1n) is 2.54. The molecule has 0 aliphatic carbocycles. The summed E-state index contributed by atoms with van der Waals surface area (Å²) in [4.78, 5) is 20.2. The van der Waals surface area contributed by atoms with Crippen molar-refractivity contribution in [2.24, 2.45) is 0 Å². The summed E-state index contributed by atoms with van der Waals surface area (Å²) in [5.41, 5.74) is 0. The van der Waals surface area contributed by atoms with Gasteiger partial charge < -0.3 is 0 Å². The van der Waals surface area contributed by atoms with Crippen molar-refractivity contribution in [1.82, 2.24) is 0 Å². The Kier molecular flexibility index (Phi) is 2.35. The van der Waals surface area contributed by atoms with E-state index in [0.717, 1.165) is 11.3 Å². The lowest BCUT2D eigenvalue weighted by molar-refractivity contribution is -0.380. The molecular weight excluding hydrogens is 234 g/mol. The molecule has 0 saturated heterocycles. The van der Waals surface area contributed by atoms with E-state index in [4.69, 9.17) is 0 Å². The molecule has 1 heterocycles. The number of hydrogen-bond acceptors (Lipinski definition) is 4. The molecule has 0 aliphatic rings. The van der Waals surface area contributed by atoms with Gasteiger partial charge in [0.1, 0.15) is 0 Å². The van der Waals surface area contributed by atoms with E-state index in [1.165, 1.54) is 6.07 Å². The molecule has 11 heavy (non-hydrogen) atoms. The van der Waals surface area contributed by atoms with Crippen molar-refractivity contribution < 1.29 is 9.72 Å². The van der Waals surface area contributed by atoms with Crippen LogP contribution in [-0.4, -0.2) is 11.2 Å². The number of carbonyl (C=O) groups is 1. The highest BCUT2D eigenvalue weighted by atomic mass is 79.9. The van der Waals surface area contributed by atoms with E-state index in [2.05, 4.69) is 15.9 Å². The van der Waals surface area contributed by atoms with Gasteiger partial charge in [-0.05, 0) is 15.9 Å². The van der Waals surface area contributed by atoms with E-state index in [0.29, 0.717) is 15.6 Å². The number of halogens is 1. The first-order chi connectivity index (χ1) is 5.15. The van der Waals surface area contributed by atoms with Gasteiger partial charge in [-0.2, -0.15) is 0 Å². The third-order valence-corrected chi connectivity index (χ3v) is 2.92. The third kappa shape index (κ3) is 1.63. The van der Waals surface area contributed by atoms with Crippen LogP contribution < -0.4 is 0 Å². The average Bonchev–Trinajstić information content (AvgIpc) is 2.31. The molecule has 0 spiro atoms. The van der Waals surface area contributed by atoms with Crippen molar-refractivity contribution in [1.29, 1.82) is 0 Å². The van der Waals surface area contributed by atoms with Gasteiger partial charge in [-0.1, -0.05) is 11.3 Å². The fraction of sp³-hybridized carbons (Fsp3) is 0. The maximum Gasteiger partial charge on any atom is 0.325 e. The number of thiophene rings is 1. The van der Waals surface area contributed by atoms with Gasteiger partial charge in [-0.15, -0.1) is 0 Å². The van der Waals surface area contributed by atoms with E-state index >= 15 is 0 Å². The average molecular weight is 236 g/mol. The molecule has 1 aromatic rings. The second-order valence-corrected chi connectivity index (χ2v) is 3.59. The number of nitro groups is 1. The number of nitrogens with zero attached hydrogens (tertiary/aromatic N) is 1. The molecular formula is C5H2BrNO3S. The van der Waals surface area contributed by atoms with Gasteiger partial charge in [-0.25, -0.2) is 0 Å². The van der Waals surface area contributed by atoms with Crippen LogP contribution in [0.3, 0.4) is 0 Å². The van der Waals surface area contributed by atoms with Crippen LogP contribution in [0.15, 0.2) is 10.5 Å². The van der Waals surface area contributed by atoms with Crippen LogP contribution in [0.2, 0.25) is 0 Å². The van der Waals surface area contributed by atoms with Crippen molar-refractivity contribution in [3.63, 3.8) is 0 Å². The first-order valence-corrected chi connectivity index (χ1v) is 4.15. The zero-order chi connectivity index (χ0) is 8.43. The molecule has 1 rings (SSSR count). The first kappa shape index (κ1) is 8.35. The molecule has 0 bridgehead atoms. The number of hydrogen-bond donors (Lipinski definition) is 0. The fourth-order valence-corrected chi connectivity index (χ4v) is 1.93. The van der Waals surface area contributed by atoms with Crippen molar-refractivity contribution >= 4 is 38.6 Å². The Balaban J connectivity index is 3.14. The fourth-order valence-electron chi connectivity index (χ4n) is 0.541. The molecule has 58 valence electrons. The van der Waals surface area contributed by atoms with Crippen molar-refractivity contribution in [2.75, 3.05) is 0 Å². The maximum absolute atomic E-state index is 10.2. The van der Waals surface area contributed by atoms with E-state index in [-0.39, 0.29) is 5.00 Å². The van der Waals surface area contributed by atoms with E-state index in [1.54, 1.807) is 0 Å². The molecule has 1 aromatic heterocycles. The Morgan fingerprint density at radius 2 is 2.36 bits per heavy atom. The zero-order valence-electron chi connectivity index (χ0n) is 5.11. The zero-order valence-corrected chi connectivity index (χ0v) is 7.52. The molecule has 0 aromatic carbocycles. The molecule has 0 amide bonds. The van der Waals surface area contributed by atoms with Gasteiger partial charge in [0.15, 0.2) is 6.29 Å². The van der Waals surface area contributed by atoms with Gasteiger partial charge in [0.25, 0.3) is 0 Å². The van der Waals surface area contributed by atoms with Crippen molar-refractivity contribution in [3.8, 4) is 0 Å². The van der Waals surface area contributed by atoms with Gasteiger partial charge in [0.05, 0.1) is 9.80 Å². The standard InChI is InChI=1S/C5H2BrNO3S/c6-3-1-5(7(9)10)11-4(3)2-8/h1-2H. The van der Waals surface area contributed by atoms with Gasteiger partial charge in [-0.3, -0.25) is 14.9 Å². The highest BCUT2D eigenvalue weighted by Crippen LogP contribution is 2.31. The normalized spacial score (nSPS) is 9.55. The van der Waals surface area contributed by atoms with E-state index in [1.807, 2.05) is 0 Å². The Morgan fingerprint density at radius 3 is 2.64 bits per heavy atom. The summed E-state index contributed by atoms with van der Waals surface area (Å²) in [6.07, 6.45) is 0.585. The number of aldehydes is 1. The number of carbonyl (C=O) groups excluding carboxylic acids is 1. The molecule has 4 nitrogen and oxygen atoms in total. The molecule has 0 aliphatic heterocycles. The Morgan fingerprint density at radius 1 is 1.73 bits per heavy atom. The molecule has 0 atom stereocenters. The van der Waals surface area contributed by atoms with Crippen molar-refractivity contribution in [2.45, 2.75) is 0 Å². The highest BCUT2D eigenvalue weighted by Gasteiger charge is 2.13. The van der Waals surface area contributed by atoms with Crippen LogP contribution in [0.4, 0.5) is 5.00 Å². The lowest BCUT2D eigenvalue weighted by Crippen LogP contribution is -1.80. The maximum atomic E-state index is 10.2. The molecule has 0 fully saturated rings. The Labute approximate surface area is 74.1 Å². The van der Waals surface area contributed by atoms with Crippen LogP contribution in [0, 0.1) is 10.1 Å². The van der Waals surface area contributed by atoms with Gasteiger partial charge >= 0.3 is 5.00 Å². The smallest absolute Gasteiger partial charge is 0.297 e. The van der Waals surface area contributed by atoms with Crippen LogP contribution >= 0.6 is 27.3 Å². The van der Waals surface area contributed by atoms with Gasteiger partial charge in [0, 0.05) is 10.5 Å². The summed E-state index contributed by atoms with van der Waals surface area (Å²) < 4.78 is 0.476. The summed E-state index contributed by atoms with van der Waals surface area (Å²) in [6.45, 7) is 0. The summed E-state index contributed by atoms with van der Waals surface area (Å²) in [5.74, 6) is 0. The minimum absolute atomic E-state index is 0.0287. The van der Waals surface area contributed by atoms with Gasteiger partial charge in [0.2, 0.25) is 0 Å². The predicted molar refractivity (Wildman–Crippen MR) is 44.1 cm³/mol. The molecule has 0 radical (unpaired) electrons. The summed E-state index contributed by atoms with van der Waals surface area (Å²) in [5, 5.41) is 10.1. The molecule has 6 heteroatoms. The minimum atomic E-state index is -0.525. The second-order valence-electron chi connectivity index (χ2n) is 1.67. The van der Waals surface area contributed by atoms with Crippen molar-refractivity contribution in [3.05, 3.63) is 25.5 Å². The lowest BCUT2D eigenvalue weighted by atomic mass is 10.5. The largest absolute Gasteiger partial charge is 0.325 e. The summed E-state index contributed by atoms with van der Waals surface area (Å²) in [6, 6.07) is 1.31.